The van der Waals surface area contributed by atoms with Crippen LogP contribution in [0.25, 0.3) is 0 Å². The molecule has 2 aromatic carbocycles. The fourth-order valence-corrected chi connectivity index (χ4v) is 1.79. The van der Waals surface area contributed by atoms with Gasteiger partial charge in [-0.25, -0.2) is 4.79 Å². The molecule has 0 amide bonds. The Morgan fingerprint density at radius 3 is 2.42 bits per heavy atom. The first-order chi connectivity index (χ1) is 9.29. The molecule has 0 aromatic heterocycles. The first kappa shape index (κ1) is 13.3. The number of unbranched alkanes of at least 4 members (excludes halogenated alkanes) is 1. The zero-order valence-electron chi connectivity index (χ0n) is 11.1. The molecule has 0 heterocycles. The van der Waals surface area contributed by atoms with Gasteiger partial charge in [-0.2, -0.15) is 0 Å². The van der Waals surface area contributed by atoms with Crippen LogP contribution in [0.1, 0.15) is 35.7 Å². The highest BCUT2D eigenvalue weighted by molar-refractivity contribution is 5.90. The van der Waals surface area contributed by atoms with Crippen LogP contribution in [-0.2, 0) is 6.42 Å². The maximum atomic E-state index is 11.8. The molecule has 0 N–H and O–H groups in total. The Balaban J connectivity index is 1.98. The maximum absolute atomic E-state index is 11.8. The van der Waals surface area contributed by atoms with Gasteiger partial charge in [0.05, 0.1) is 5.56 Å². The number of carbonyl (C=O) groups excluding carboxylic acids is 1. The fourth-order valence-electron chi connectivity index (χ4n) is 1.79. The lowest BCUT2D eigenvalue weighted by atomic mass is 10.1. The van der Waals surface area contributed by atoms with Crippen molar-refractivity contribution in [2.75, 3.05) is 0 Å². The number of hydrogen-bond donors (Lipinski definition) is 0. The summed E-state index contributed by atoms with van der Waals surface area (Å²) in [5.74, 6) is 0.244. The second kappa shape index (κ2) is 6.74. The molecule has 2 aromatic rings. The molecular formula is C17H17O2. The Hall–Kier alpha value is -2.09. The summed E-state index contributed by atoms with van der Waals surface area (Å²) < 4.78 is 5.31. The molecular weight excluding hydrogens is 236 g/mol. The average Bonchev–Trinajstić information content (AvgIpc) is 2.47. The van der Waals surface area contributed by atoms with Crippen LogP contribution in [0.5, 0.6) is 5.75 Å². The molecule has 0 aliphatic carbocycles. The van der Waals surface area contributed by atoms with Crippen molar-refractivity contribution >= 4 is 5.97 Å². The second-order valence-electron chi connectivity index (χ2n) is 4.43. The lowest BCUT2D eigenvalue weighted by molar-refractivity contribution is 0.0734. The zero-order valence-corrected chi connectivity index (χ0v) is 11.1. The topological polar surface area (TPSA) is 26.3 Å². The number of carbonyl (C=O) groups is 1. The highest BCUT2D eigenvalue weighted by Gasteiger charge is 2.07. The van der Waals surface area contributed by atoms with Crippen molar-refractivity contribution in [1.29, 1.82) is 0 Å². The Morgan fingerprint density at radius 1 is 1.11 bits per heavy atom. The van der Waals surface area contributed by atoms with Crippen molar-refractivity contribution in [3.05, 3.63) is 65.7 Å². The highest BCUT2D eigenvalue weighted by Crippen LogP contribution is 2.15. The summed E-state index contributed by atoms with van der Waals surface area (Å²) in [6.07, 6.45) is 3.43. The third-order valence-corrected chi connectivity index (χ3v) is 2.91. The van der Waals surface area contributed by atoms with Gasteiger partial charge in [-0.05, 0) is 48.7 Å². The minimum Gasteiger partial charge on any atom is -0.423 e. The van der Waals surface area contributed by atoms with Gasteiger partial charge < -0.3 is 4.74 Å². The van der Waals surface area contributed by atoms with Crippen molar-refractivity contribution in [1.82, 2.24) is 0 Å². The molecule has 0 saturated carbocycles. The molecule has 0 fully saturated rings. The van der Waals surface area contributed by atoms with E-state index in [-0.39, 0.29) is 5.97 Å². The summed E-state index contributed by atoms with van der Waals surface area (Å²) in [6.45, 7) is 2.17. The molecule has 0 atom stereocenters. The predicted molar refractivity (Wildman–Crippen MR) is 75.3 cm³/mol. The monoisotopic (exact) mass is 253 g/mol. The number of esters is 1. The molecule has 0 aliphatic rings. The van der Waals surface area contributed by atoms with Gasteiger partial charge in [0, 0.05) is 0 Å². The number of benzene rings is 2. The Bertz CT molecular complexity index is 515. The first-order valence-electron chi connectivity index (χ1n) is 6.57. The molecule has 0 aliphatic heterocycles. The molecule has 97 valence electrons. The lowest BCUT2D eigenvalue weighted by Crippen LogP contribution is -2.08. The van der Waals surface area contributed by atoms with E-state index in [0.717, 1.165) is 6.42 Å². The van der Waals surface area contributed by atoms with E-state index in [1.807, 2.05) is 24.3 Å². The Labute approximate surface area is 114 Å². The molecule has 0 saturated heterocycles. The standard InChI is InChI=1S/C17H17O2/c1-2-3-7-14-10-12-16(13-11-14)19-17(18)15-8-5-4-6-9-15/h5-6,8-13H,2-3,7H2,1H3. The van der Waals surface area contributed by atoms with E-state index in [1.165, 1.54) is 18.4 Å². The van der Waals surface area contributed by atoms with E-state index in [4.69, 9.17) is 4.74 Å². The summed E-state index contributed by atoms with van der Waals surface area (Å²) in [5.41, 5.74) is 1.81. The minimum atomic E-state index is -0.338. The van der Waals surface area contributed by atoms with Gasteiger partial charge in [0.25, 0.3) is 0 Å². The third-order valence-electron chi connectivity index (χ3n) is 2.91. The number of rotatable bonds is 5. The van der Waals surface area contributed by atoms with Crippen LogP contribution in [0.2, 0.25) is 0 Å². The van der Waals surface area contributed by atoms with Crippen molar-refractivity contribution < 1.29 is 9.53 Å². The van der Waals surface area contributed by atoms with E-state index < -0.39 is 0 Å². The van der Waals surface area contributed by atoms with Crippen molar-refractivity contribution in [3.63, 3.8) is 0 Å². The van der Waals surface area contributed by atoms with Crippen LogP contribution in [0, 0.1) is 6.07 Å². The van der Waals surface area contributed by atoms with Crippen LogP contribution in [0.15, 0.2) is 48.5 Å². The van der Waals surface area contributed by atoms with E-state index in [1.54, 1.807) is 24.3 Å². The van der Waals surface area contributed by atoms with Gasteiger partial charge in [-0.1, -0.05) is 37.6 Å². The number of ether oxygens (including phenoxy) is 1. The van der Waals surface area contributed by atoms with Crippen LogP contribution in [0.4, 0.5) is 0 Å². The summed E-state index contributed by atoms with van der Waals surface area (Å²) in [7, 11) is 0. The molecule has 2 heteroatoms. The van der Waals surface area contributed by atoms with Crippen molar-refractivity contribution in [3.8, 4) is 5.75 Å². The molecule has 0 bridgehead atoms. The SMILES string of the molecule is CCCCc1ccc(OC(=O)c2cc[c]cc2)cc1. The van der Waals surface area contributed by atoms with Crippen LogP contribution in [-0.4, -0.2) is 5.97 Å². The molecule has 2 nitrogen and oxygen atoms in total. The molecule has 19 heavy (non-hydrogen) atoms. The van der Waals surface area contributed by atoms with Crippen LogP contribution < -0.4 is 4.74 Å². The van der Waals surface area contributed by atoms with Crippen LogP contribution in [0.3, 0.4) is 0 Å². The van der Waals surface area contributed by atoms with Gasteiger partial charge in [0.2, 0.25) is 0 Å². The van der Waals surface area contributed by atoms with E-state index >= 15 is 0 Å². The molecule has 0 unspecified atom stereocenters. The minimum absolute atomic E-state index is 0.338. The smallest absolute Gasteiger partial charge is 0.343 e. The fraction of sp³-hybridized carbons (Fsp3) is 0.235. The lowest BCUT2D eigenvalue weighted by Gasteiger charge is -2.05. The Morgan fingerprint density at radius 2 is 1.79 bits per heavy atom. The van der Waals surface area contributed by atoms with Gasteiger partial charge in [-0.15, -0.1) is 0 Å². The third kappa shape index (κ3) is 3.95. The van der Waals surface area contributed by atoms with E-state index in [0.29, 0.717) is 11.3 Å². The van der Waals surface area contributed by atoms with E-state index in [2.05, 4.69) is 13.0 Å². The average molecular weight is 253 g/mol. The van der Waals surface area contributed by atoms with Crippen molar-refractivity contribution in [2.24, 2.45) is 0 Å². The largest absolute Gasteiger partial charge is 0.423 e. The maximum Gasteiger partial charge on any atom is 0.343 e. The second-order valence-corrected chi connectivity index (χ2v) is 4.43. The number of hydrogen-bond acceptors (Lipinski definition) is 2. The molecule has 0 spiro atoms. The first-order valence-corrected chi connectivity index (χ1v) is 6.57. The van der Waals surface area contributed by atoms with Gasteiger partial charge in [0.1, 0.15) is 5.75 Å². The Kier molecular flexibility index (Phi) is 4.73. The predicted octanol–water partition coefficient (Wildman–Crippen LogP) is 4.05. The van der Waals surface area contributed by atoms with Gasteiger partial charge in [-0.3, -0.25) is 0 Å². The van der Waals surface area contributed by atoms with Gasteiger partial charge >= 0.3 is 5.97 Å². The quantitative estimate of drug-likeness (QED) is 0.593. The van der Waals surface area contributed by atoms with E-state index in [9.17, 15) is 4.79 Å². The normalized spacial score (nSPS) is 10.2. The summed E-state index contributed by atoms with van der Waals surface area (Å²) in [6, 6.07) is 17.4. The van der Waals surface area contributed by atoms with Crippen LogP contribution >= 0.6 is 0 Å². The highest BCUT2D eigenvalue weighted by atomic mass is 16.5. The molecule has 1 radical (unpaired) electrons. The summed E-state index contributed by atoms with van der Waals surface area (Å²) in [4.78, 5) is 11.8. The summed E-state index contributed by atoms with van der Waals surface area (Å²) >= 11 is 0. The summed E-state index contributed by atoms with van der Waals surface area (Å²) in [5, 5.41) is 0. The van der Waals surface area contributed by atoms with Crippen molar-refractivity contribution in [2.45, 2.75) is 26.2 Å². The molecule has 2 rings (SSSR count). The zero-order chi connectivity index (χ0) is 13.5. The number of aryl methyl sites for hydroxylation is 1. The van der Waals surface area contributed by atoms with Gasteiger partial charge in [0.15, 0.2) is 0 Å².